The van der Waals surface area contributed by atoms with Crippen molar-refractivity contribution >= 4 is 10.0 Å². The van der Waals surface area contributed by atoms with Gasteiger partial charge in [0, 0.05) is 13.6 Å². The van der Waals surface area contributed by atoms with E-state index in [1.165, 1.54) is 23.5 Å². The lowest BCUT2D eigenvalue weighted by atomic mass is 10.2. The Morgan fingerprint density at radius 2 is 1.73 bits per heavy atom. The molecule has 0 amide bonds. The summed E-state index contributed by atoms with van der Waals surface area (Å²) < 4.78 is 43.0. The largest absolute Gasteiger partial charge is 0.496 e. The van der Waals surface area contributed by atoms with Crippen LogP contribution in [-0.2, 0) is 16.6 Å². The van der Waals surface area contributed by atoms with E-state index in [1.807, 2.05) is 42.5 Å². The van der Waals surface area contributed by atoms with Crippen molar-refractivity contribution in [3.63, 3.8) is 0 Å². The van der Waals surface area contributed by atoms with Crippen LogP contribution in [-0.4, -0.2) is 37.0 Å². The van der Waals surface area contributed by atoms with Crippen LogP contribution in [0, 0.1) is 0 Å². The summed E-state index contributed by atoms with van der Waals surface area (Å²) in [6.45, 7) is 0.220. The molecule has 30 heavy (non-hydrogen) atoms. The molecule has 154 valence electrons. The van der Waals surface area contributed by atoms with Gasteiger partial charge in [0.05, 0.1) is 12.7 Å². The number of rotatable bonds is 7. The average molecular weight is 425 g/mol. The molecule has 0 bridgehead atoms. The lowest BCUT2D eigenvalue weighted by Crippen LogP contribution is -2.26. The molecule has 0 aliphatic heterocycles. The third-order valence-electron chi connectivity index (χ3n) is 4.48. The number of aromatic nitrogens is 2. The number of benzene rings is 2. The minimum Gasteiger partial charge on any atom is -0.496 e. The molecule has 0 unspecified atom stereocenters. The molecule has 0 atom stereocenters. The number of methoxy groups -OCH3 is 1. The highest BCUT2D eigenvalue weighted by molar-refractivity contribution is 7.88. The van der Waals surface area contributed by atoms with Gasteiger partial charge in [-0.1, -0.05) is 47.6 Å². The second kappa shape index (κ2) is 8.13. The van der Waals surface area contributed by atoms with Gasteiger partial charge in [-0.05, 0) is 29.8 Å². The Morgan fingerprint density at radius 3 is 2.50 bits per heavy atom. The third kappa shape index (κ3) is 3.85. The zero-order chi connectivity index (χ0) is 21.1. The Bertz CT molecular complexity index is 1250. The zero-order valence-electron chi connectivity index (χ0n) is 16.3. The Morgan fingerprint density at radius 1 is 1.00 bits per heavy atom. The van der Waals surface area contributed by atoms with E-state index in [9.17, 15) is 8.42 Å². The number of ether oxygens (including phenoxy) is 1. The number of furan rings is 1. The van der Waals surface area contributed by atoms with Gasteiger partial charge >= 0.3 is 0 Å². The van der Waals surface area contributed by atoms with E-state index < -0.39 is 10.0 Å². The molecule has 0 aliphatic rings. The molecular weight excluding hydrogens is 406 g/mol. The SMILES string of the molecule is COc1ccccc1-c1noc(-c2ccc(S(=O)(=O)N(C)Cc3ccccc3)o2)n1. The van der Waals surface area contributed by atoms with E-state index in [1.54, 1.807) is 19.2 Å². The minimum atomic E-state index is -3.82. The maximum Gasteiger partial charge on any atom is 0.294 e. The molecule has 0 fully saturated rings. The molecule has 4 rings (SSSR count). The summed E-state index contributed by atoms with van der Waals surface area (Å²) in [5.74, 6) is 1.14. The summed E-state index contributed by atoms with van der Waals surface area (Å²) in [4.78, 5) is 4.31. The van der Waals surface area contributed by atoms with E-state index in [4.69, 9.17) is 13.7 Å². The Labute approximate surface area is 173 Å². The van der Waals surface area contributed by atoms with Gasteiger partial charge in [-0.2, -0.15) is 9.29 Å². The topological polar surface area (TPSA) is 98.7 Å². The minimum absolute atomic E-state index is 0.0723. The average Bonchev–Trinajstić information content (AvgIpc) is 3.44. The van der Waals surface area contributed by atoms with Gasteiger partial charge in [0.2, 0.25) is 10.9 Å². The summed E-state index contributed by atoms with van der Waals surface area (Å²) >= 11 is 0. The van der Waals surface area contributed by atoms with Gasteiger partial charge in [0.15, 0.2) is 5.76 Å². The molecule has 0 saturated heterocycles. The highest BCUT2D eigenvalue weighted by atomic mass is 32.2. The predicted octanol–water partition coefficient (Wildman–Crippen LogP) is 3.83. The van der Waals surface area contributed by atoms with Crippen LogP contribution in [0.4, 0.5) is 0 Å². The zero-order valence-corrected chi connectivity index (χ0v) is 17.2. The van der Waals surface area contributed by atoms with E-state index in [0.717, 1.165) is 5.56 Å². The van der Waals surface area contributed by atoms with E-state index >= 15 is 0 Å². The van der Waals surface area contributed by atoms with Gasteiger partial charge in [-0.3, -0.25) is 0 Å². The normalized spacial score (nSPS) is 11.7. The van der Waals surface area contributed by atoms with E-state index in [2.05, 4.69) is 10.1 Å². The monoisotopic (exact) mass is 425 g/mol. The quantitative estimate of drug-likeness (QED) is 0.444. The highest BCUT2D eigenvalue weighted by Crippen LogP contribution is 2.30. The van der Waals surface area contributed by atoms with Crippen LogP contribution < -0.4 is 4.74 Å². The number of sulfonamides is 1. The number of nitrogens with zero attached hydrogens (tertiary/aromatic N) is 3. The van der Waals surface area contributed by atoms with Gasteiger partial charge in [0.25, 0.3) is 15.9 Å². The lowest BCUT2D eigenvalue weighted by molar-refractivity contribution is 0.386. The van der Waals surface area contributed by atoms with Crippen molar-refractivity contribution in [1.82, 2.24) is 14.4 Å². The fourth-order valence-corrected chi connectivity index (χ4v) is 3.98. The molecule has 0 saturated carbocycles. The van der Waals surface area contributed by atoms with Crippen LogP contribution in [0.1, 0.15) is 5.56 Å². The molecule has 0 N–H and O–H groups in total. The van der Waals surface area contributed by atoms with Gasteiger partial charge in [-0.15, -0.1) is 0 Å². The van der Waals surface area contributed by atoms with Crippen LogP contribution in [0.15, 0.2) is 80.8 Å². The van der Waals surface area contributed by atoms with Crippen molar-refractivity contribution in [2.45, 2.75) is 11.6 Å². The Hall–Kier alpha value is -3.43. The molecule has 8 nitrogen and oxygen atoms in total. The molecule has 0 radical (unpaired) electrons. The molecule has 2 heterocycles. The van der Waals surface area contributed by atoms with Crippen molar-refractivity contribution in [1.29, 1.82) is 0 Å². The second-order valence-electron chi connectivity index (χ2n) is 6.49. The smallest absolute Gasteiger partial charge is 0.294 e. The number of para-hydroxylation sites is 1. The maximum absolute atomic E-state index is 12.8. The first kappa shape index (κ1) is 19.9. The molecule has 2 aromatic carbocycles. The van der Waals surface area contributed by atoms with Crippen molar-refractivity contribution in [3.8, 4) is 28.8 Å². The lowest BCUT2D eigenvalue weighted by Gasteiger charge is -2.15. The van der Waals surface area contributed by atoms with Gasteiger partial charge in [0.1, 0.15) is 5.75 Å². The Balaban J connectivity index is 1.58. The van der Waals surface area contributed by atoms with Gasteiger partial charge in [-0.25, -0.2) is 8.42 Å². The molecular formula is C21H19N3O5S. The first-order chi connectivity index (χ1) is 14.5. The van der Waals surface area contributed by atoms with Gasteiger partial charge < -0.3 is 13.7 Å². The van der Waals surface area contributed by atoms with Crippen LogP contribution in [0.2, 0.25) is 0 Å². The van der Waals surface area contributed by atoms with E-state index in [-0.39, 0.29) is 23.3 Å². The van der Waals surface area contributed by atoms with Crippen molar-refractivity contribution < 1.29 is 22.1 Å². The highest BCUT2D eigenvalue weighted by Gasteiger charge is 2.26. The summed E-state index contributed by atoms with van der Waals surface area (Å²) in [6.07, 6.45) is 0. The summed E-state index contributed by atoms with van der Waals surface area (Å²) in [7, 11) is -0.775. The summed E-state index contributed by atoms with van der Waals surface area (Å²) in [5.41, 5.74) is 1.52. The standard InChI is InChI=1S/C21H19N3O5S/c1-24(14-15-8-4-3-5-9-15)30(25,26)19-13-12-18(28-19)21-22-20(23-29-21)16-10-6-7-11-17(16)27-2/h3-13H,14H2,1-2H3. The first-order valence-electron chi connectivity index (χ1n) is 9.06. The fraction of sp³-hybridized carbons (Fsp3) is 0.143. The van der Waals surface area contributed by atoms with Crippen molar-refractivity contribution in [2.24, 2.45) is 0 Å². The number of hydrogen-bond donors (Lipinski definition) is 0. The maximum atomic E-state index is 12.8. The molecule has 4 aromatic rings. The summed E-state index contributed by atoms with van der Waals surface area (Å²) in [5, 5.41) is 3.75. The Kier molecular flexibility index (Phi) is 5.39. The first-order valence-corrected chi connectivity index (χ1v) is 10.5. The van der Waals surface area contributed by atoms with Crippen LogP contribution in [0.25, 0.3) is 23.0 Å². The second-order valence-corrected chi connectivity index (χ2v) is 8.46. The number of hydrogen-bond acceptors (Lipinski definition) is 7. The molecule has 9 heteroatoms. The van der Waals surface area contributed by atoms with Crippen LogP contribution >= 0.6 is 0 Å². The molecule has 0 spiro atoms. The van der Waals surface area contributed by atoms with Crippen LogP contribution in [0.5, 0.6) is 5.75 Å². The molecule has 0 aliphatic carbocycles. The fourth-order valence-electron chi connectivity index (χ4n) is 2.92. The molecule has 2 aromatic heterocycles. The summed E-state index contributed by atoms with van der Waals surface area (Å²) in [6, 6.07) is 19.4. The third-order valence-corrected chi connectivity index (χ3v) is 6.16. The van der Waals surface area contributed by atoms with Crippen molar-refractivity contribution in [3.05, 3.63) is 72.3 Å². The van der Waals surface area contributed by atoms with Crippen molar-refractivity contribution in [2.75, 3.05) is 14.2 Å². The predicted molar refractivity (Wildman–Crippen MR) is 109 cm³/mol. The van der Waals surface area contributed by atoms with Crippen LogP contribution in [0.3, 0.4) is 0 Å². The van der Waals surface area contributed by atoms with E-state index in [0.29, 0.717) is 17.1 Å².